The van der Waals surface area contributed by atoms with Crippen LogP contribution in [0.5, 0.6) is 0 Å². The van der Waals surface area contributed by atoms with E-state index in [1.807, 2.05) is 11.3 Å². The predicted octanol–water partition coefficient (Wildman–Crippen LogP) is 6.42. The molecule has 0 aliphatic rings. The number of hydrogen-bond donors (Lipinski definition) is 0. The third-order valence-electron chi connectivity index (χ3n) is 3.55. The number of hydrogen-bond acceptors (Lipinski definition) is 1. The number of fused-ring (bicyclic) bond motifs is 3. The van der Waals surface area contributed by atoms with E-state index in [0.717, 1.165) is 6.42 Å². The highest BCUT2D eigenvalue weighted by Crippen LogP contribution is 2.35. The van der Waals surface area contributed by atoms with Crippen LogP contribution in [-0.4, -0.2) is 0 Å². The molecule has 0 spiro atoms. The van der Waals surface area contributed by atoms with Gasteiger partial charge in [-0.25, -0.2) is 0 Å². The van der Waals surface area contributed by atoms with Crippen LogP contribution in [0.1, 0.15) is 25.8 Å². The van der Waals surface area contributed by atoms with E-state index >= 15 is 0 Å². The van der Waals surface area contributed by atoms with Crippen LogP contribution >= 0.6 is 11.3 Å². The molecule has 3 aromatic rings. The Labute approximate surface area is 124 Å². The lowest BCUT2D eigenvalue weighted by atomic mass is 10.0. The van der Waals surface area contributed by atoms with E-state index in [-0.39, 0.29) is 0 Å². The molecule has 0 bridgehead atoms. The van der Waals surface area contributed by atoms with Crippen molar-refractivity contribution in [1.82, 2.24) is 0 Å². The van der Waals surface area contributed by atoms with Gasteiger partial charge in [0.05, 0.1) is 0 Å². The highest BCUT2D eigenvalue weighted by molar-refractivity contribution is 7.25. The zero-order chi connectivity index (χ0) is 13.9. The second kappa shape index (κ2) is 5.64. The quantitative estimate of drug-likeness (QED) is 0.485. The van der Waals surface area contributed by atoms with Crippen molar-refractivity contribution in [3.63, 3.8) is 0 Å². The first-order chi connectivity index (χ1) is 9.79. The van der Waals surface area contributed by atoms with Gasteiger partial charge in [-0.3, -0.25) is 0 Å². The zero-order valence-electron chi connectivity index (χ0n) is 11.9. The Balaban J connectivity index is 2.12. The summed E-state index contributed by atoms with van der Waals surface area (Å²) in [6, 6.07) is 15.4. The van der Waals surface area contributed by atoms with Crippen LogP contribution in [0.25, 0.3) is 25.7 Å². The number of rotatable bonds is 3. The lowest BCUT2D eigenvalue weighted by Gasteiger charge is -2.01. The molecule has 1 heteroatoms. The van der Waals surface area contributed by atoms with Gasteiger partial charge in [0.1, 0.15) is 0 Å². The topological polar surface area (TPSA) is 0 Å². The minimum Gasteiger partial charge on any atom is -0.135 e. The van der Waals surface area contributed by atoms with Gasteiger partial charge in [0.25, 0.3) is 0 Å². The average molecular weight is 278 g/mol. The van der Waals surface area contributed by atoms with E-state index in [0.29, 0.717) is 0 Å². The van der Waals surface area contributed by atoms with Crippen molar-refractivity contribution in [2.45, 2.75) is 20.3 Å². The molecule has 0 saturated heterocycles. The Morgan fingerprint density at radius 2 is 1.85 bits per heavy atom. The van der Waals surface area contributed by atoms with E-state index < -0.39 is 0 Å². The van der Waals surface area contributed by atoms with E-state index in [1.165, 1.54) is 31.3 Å². The van der Waals surface area contributed by atoms with Crippen molar-refractivity contribution in [3.05, 3.63) is 66.3 Å². The van der Waals surface area contributed by atoms with Gasteiger partial charge in [-0.05, 0) is 42.7 Å². The first-order valence-electron chi connectivity index (χ1n) is 7.04. The Kier molecular flexibility index (Phi) is 3.70. The Hall–Kier alpha value is -1.86. The van der Waals surface area contributed by atoms with Gasteiger partial charge in [0.2, 0.25) is 0 Å². The summed E-state index contributed by atoms with van der Waals surface area (Å²) < 4.78 is 2.74. The van der Waals surface area contributed by atoms with Crippen molar-refractivity contribution in [1.29, 1.82) is 0 Å². The molecule has 3 rings (SSSR count). The van der Waals surface area contributed by atoms with Crippen LogP contribution in [-0.2, 0) is 0 Å². The van der Waals surface area contributed by atoms with Crippen LogP contribution in [0.4, 0.5) is 0 Å². The molecule has 0 unspecified atom stereocenters. The maximum atomic E-state index is 2.32. The molecular formula is C19H18S. The minimum absolute atomic E-state index is 1.08. The molecule has 0 N–H and O–H groups in total. The van der Waals surface area contributed by atoms with E-state index in [2.05, 4.69) is 74.5 Å². The van der Waals surface area contributed by atoms with Gasteiger partial charge in [0.15, 0.2) is 0 Å². The first kappa shape index (κ1) is 13.1. The van der Waals surface area contributed by atoms with Crippen LogP contribution < -0.4 is 0 Å². The molecule has 100 valence electrons. The maximum Gasteiger partial charge on any atom is 0.0355 e. The summed E-state index contributed by atoms with van der Waals surface area (Å²) in [5.74, 6) is 0. The summed E-state index contributed by atoms with van der Waals surface area (Å²) in [5.41, 5.74) is 2.62. The van der Waals surface area contributed by atoms with E-state index in [4.69, 9.17) is 0 Å². The summed E-state index contributed by atoms with van der Waals surface area (Å²) in [5, 5.41) is 2.74. The third-order valence-corrected chi connectivity index (χ3v) is 4.70. The predicted molar refractivity (Wildman–Crippen MR) is 92.4 cm³/mol. The SMILES string of the molecule is CC/C=C\C=C(/C)c1ccc2sc3ccccc3c2c1. The van der Waals surface area contributed by atoms with Crippen molar-refractivity contribution in [2.75, 3.05) is 0 Å². The van der Waals surface area contributed by atoms with Gasteiger partial charge < -0.3 is 0 Å². The fourth-order valence-electron chi connectivity index (χ4n) is 2.42. The molecule has 0 atom stereocenters. The Bertz CT molecular complexity index is 803. The molecule has 2 aromatic carbocycles. The highest BCUT2D eigenvalue weighted by Gasteiger charge is 2.05. The van der Waals surface area contributed by atoms with Crippen molar-refractivity contribution in [2.24, 2.45) is 0 Å². The van der Waals surface area contributed by atoms with Crippen molar-refractivity contribution in [3.8, 4) is 0 Å². The van der Waals surface area contributed by atoms with E-state index in [9.17, 15) is 0 Å². The Morgan fingerprint density at radius 1 is 1.05 bits per heavy atom. The molecule has 0 radical (unpaired) electrons. The molecule has 1 aromatic heterocycles. The molecule has 0 amide bonds. The fourth-order valence-corrected chi connectivity index (χ4v) is 3.50. The number of thiophene rings is 1. The van der Waals surface area contributed by atoms with Crippen molar-refractivity contribution < 1.29 is 0 Å². The molecule has 1 heterocycles. The van der Waals surface area contributed by atoms with Crippen LogP contribution in [0.15, 0.2) is 60.7 Å². The monoisotopic (exact) mass is 278 g/mol. The maximum absolute atomic E-state index is 2.32. The first-order valence-corrected chi connectivity index (χ1v) is 7.86. The van der Waals surface area contributed by atoms with E-state index in [1.54, 1.807) is 0 Å². The van der Waals surface area contributed by atoms with Gasteiger partial charge in [0, 0.05) is 20.2 Å². The van der Waals surface area contributed by atoms with Gasteiger partial charge in [-0.2, -0.15) is 0 Å². The lowest BCUT2D eigenvalue weighted by Crippen LogP contribution is -1.78. The molecule has 0 nitrogen and oxygen atoms in total. The minimum atomic E-state index is 1.08. The second-order valence-electron chi connectivity index (χ2n) is 5.00. The summed E-state index contributed by atoms with van der Waals surface area (Å²) >= 11 is 1.87. The van der Waals surface area contributed by atoms with Gasteiger partial charge in [-0.1, -0.05) is 49.4 Å². The third kappa shape index (κ3) is 2.41. The standard InChI is InChI=1S/C19H18S/c1-3-4-5-8-14(2)15-11-12-19-17(13-15)16-9-6-7-10-18(16)20-19/h4-13H,3H2,1-2H3/b5-4-,14-8+. The molecule has 0 saturated carbocycles. The smallest absolute Gasteiger partial charge is 0.0355 e. The average Bonchev–Trinajstić information content (AvgIpc) is 2.85. The van der Waals surface area contributed by atoms with Gasteiger partial charge >= 0.3 is 0 Å². The molecule has 20 heavy (non-hydrogen) atoms. The summed E-state index contributed by atoms with van der Waals surface area (Å²) in [6.45, 7) is 4.33. The summed E-state index contributed by atoms with van der Waals surface area (Å²) in [4.78, 5) is 0. The van der Waals surface area contributed by atoms with Crippen LogP contribution in [0, 0.1) is 0 Å². The second-order valence-corrected chi connectivity index (χ2v) is 6.08. The summed E-state index contributed by atoms with van der Waals surface area (Å²) in [6.07, 6.45) is 7.60. The normalized spacial score (nSPS) is 12.8. The lowest BCUT2D eigenvalue weighted by molar-refractivity contribution is 1.22. The molecule has 0 aliphatic carbocycles. The number of allylic oxidation sites excluding steroid dienone is 4. The fraction of sp³-hybridized carbons (Fsp3) is 0.158. The largest absolute Gasteiger partial charge is 0.135 e. The van der Waals surface area contributed by atoms with Gasteiger partial charge in [-0.15, -0.1) is 11.3 Å². The summed E-state index contributed by atoms with van der Waals surface area (Å²) in [7, 11) is 0. The Morgan fingerprint density at radius 3 is 2.70 bits per heavy atom. The highest BCUT2D eigenvalue weighted by atomic mass is 32.1. The molecular weight excluding hydrogens is 260 g/mol. The zero-order valence-corrected chi connectivity index (χ0v) is 12.7. The number of benzene rings is 2. The van der Waals surface area contributed by atoms with Crippen LogP contribution in [0.2, 0.25) is 0 Å². The van der Waals surface area contributed by atoms with Crippen molar-refractivity contribution >= 4 is 37.1 Å². The van der Waals surface area contributed by atoms with Crippen LogP contribution in [0.3, 0.4) is 0 Å². The molecule has 0 aliphatic heterocycles. The molecule has 0 fully saturated rings.